The molecular weight excluding hydrogens is 689 g/mol. The zero-order chi connectivity index (χ0) is 37.4. The number of ether oxygens (including phenoxy) is 1. The van der Waals surface area contributed by atoms with E-state index < -0.39 is 80.3 Å². The molecule has 3 fully saturated rings. The van der Waals surface area contributed by atoms with Crippen molar-refractivity contribution in [1.82, 2.24) is 30.5 Å². The molecule has 0 spiro atoms. The fourth-order valence-electron chi connectivity index (χ4n) is 7.60. The minimum Gasteiger partial charge on any atom is -0.444 e. The van der Waals surface area contributed by atoms with E-state index in [2.05, 4.69) is 26.7 Å². The van der Waals surface area contributed by atoms with E-state index in [0.717, 1.165) is 18.4 Å². The van der Waals surface area contributed by atoms with Crippen molar-refractivity contribution >= 4 is 39.9 Å². The van der Waals surface area contributed by atoms with Crippen LogP contribution in [0, 0.1) is 5.92 Å². The van der Waals surface area contributed by atoms with E-state index in [4.69, 9.17) is 4.74 Å². The lowest BCUT2D eigenvalue weighted by Crippen LogP contribution is -2.59. The van der Waals surface area contributed by atoms with E-state index in [1.807, 2.05) is 58.0 Å². The molecule has 14 nitrogen and oxygen atoms in total. The quantitative estimate of drug-likeness (QED) is 0.332. The predicted octanol–water partition coefficient (Wildman–Crippen LogP) is 3.18. The largest absolute Gasteiger partial charge is 0.444 e. The second kappa shape index (κ2) is 14.7. The van der Waals surface area contributed by atoms with Crippen LogP contribution in [-0.4, -0.2) is 95.7 Å². The van der Waals surface area contributed by atoms with Crippen molar-refractivity contribution < 1.29 is 37.1 Å². The first-order chi connectivity index (χ1) is 24.6. The number of carbonyl (C=O) groups excluding carboxylic acids is 5. The Morgan fingerprint density at radius 3 is 2.50 bits per heavy atom. The lowest BCUT2D eigenvalue weighted by atomic mass is 9.91. The summed E-state index contributed by atoms with van der Waals surface area (Å²) in [5.41, 5.74) is 0.116. The first-order valence-corrected chi connectivity index (χ1v) is 20.1. The fraction of sp³-hybridized carbons (Fsp3) is 0.649. The summed E-state index contributed by atoms with van der Waals surface area (Å²) in [6, 6.07) is 5.28. The third kappa shape index (κ3) is 8.56. The third-order valence-corrected chi connectivity index (χ3v) is 12.4. The molecule has 1 aromatic carbocycles. The Balaban J connectivity index is 1.25. The molecule has 1 saturated heterocycles. The van der Waals surface area contributed by atoms with E-state index in [9.17, 15) is 32.4 Å². The van der Waals surface area contributed by atoms with Gasteiger partial charge in [-0.05, 0) is 76.3 Å². The molecule has 6 atom stereocenters. The van der Waals surface area contributed by atoms with E-state index >= 15 is 0 Å². The number of nitrogens with zero attached hydrogens (tertiary/aromatic N) is 2. The van der Waals surface area contributed by atoms with Gasteiger partial charge < -0.3 is 30.5 Å². The van der Waals surface area contributed by atoms with Crippen molar-refractivity contribution in [3.05, 3.63) is 47.5 Å². The summed E-state index contributed by atoms with van der Waals surface area (Å²) in [6.45, 7) is 8.23. The van der Waals surface area contributed by atoms with Crippen molar-refractivity contribution in [3.63, 3.8) is 0 Å². The molecule has 1 unspecified atom stereocenters. The van der Waals surface area contributed by atoms with Crippen LogP contribution in [0.5, 0.6) is 0 Å². The summed E-state index contributed by atoms with van der Waals surface area (Å²) in [4.78, 5) is 71.8. The number of amides is 6. The van der Waals surface area contributed by atoms with Gasteiger partial charge in [-0.25, -0.2) is 18.0 Å². The van der Waals surface area contributed by atoms with Crippen LogP contribution in [0.2, 0.25) is 0 Å². The van der Waals surface area contributed by atoms with Crippen molar-refractivity contribution in [1.29, 1.82) is 0 Å². The van der Waals surface area contributed by atoms with Crippen LogP contribution in [-0.2, 0) is 35.7 Å². The molecule has 0 aromatic heterocycles. The zero-order valence-electron chi connectivity index (χ0n) is 30.5. The van der Waals surface area contributed by atoms with Gasteiger partial charge in [-0.15, -0.1) is 0 Å². The van der Waals surface area contributed by atoms with E-state index in [0.29, 0.717) is 45.2 Å². The molecular formula is C37H52N6O8S. The second-order valence-electron chi connectivity index (χ2n) is 16.1. The average Bonchev–Trinajstić information content (AvgIpc) is 3.99. The number of carbonyl (C=O) groups is 5. The highest BCUT2D eigenvalue weighted by Gasteiger charge is 2.62. The van der Waals surface area contributed by atoms with Crippen molar-refractivity contribution in [2.45, 2.75) is 132 Å². The number of nitrogens with one attached hydrogen (secondary N) is 4. The summed E-state index contributed by atoms with van der Waals surface area (Å²) in [7, 11) is -3.89. The standard InChI is InChI=1S/C37H52N6O8S/c1-23-20-42(21-24-12-10-11-14-28(23)24)35(48)51-26-18-30-31(44)39-37(33(46)41-52(49,50)27-16-17-27)19-25(37)13-8-6-5-7-9-15-29(32(45)43(30)22-26)38-34(47)40-36(2,3)4/h8,10-14,23,25-27,29-30H,5-7,9,15-22H2,1-4H3,(H,39,44)(H,41,46)(H2,38,40,47)/b13-8-/t23-,25+,26+,29-,30-,37?/m0/s1. The van der Waals surface area contributed by atoms with Crippen LogP contribution in [0.25, 0.3) is 0 Å². The van der Waals surface area contributed by atoms with Gasteiger partial charge in [-0.3, -0.25) is 19.1 Å². The molecule has 52 heavy (non-hydrogen) atoms. The Kier molecular flexibility index (Phi) is 10.6. The monoisotopic (exact) mass is 740 g/mol. The number of hydrogen-bond acceptors (Lipinski definition) is 8. The van der Waals surface area contributed by atoms with Crippen LogP contribution in [0.15, 0.2) is 36.4 Å². The molecule has 15 heteroatoms. The van der Waals surface area contributed by atoms with Gasteiger partial charge in [0.1, 0.15) is 23.7 Å². The van der Waals surface area contributed by atoms with Gasteiger partial charge in [-0.2, -0.15) is 0 Å². The van der Waals surface area contributed by atoms with Gasteiger partial charge in [0.25, 0.3) is 5.91 Å². The van der Waals surface area contributed by atoms with E-state index in [1.165, 1.54) is 10.5 Å². The molecule has 3 aliphatic heterocycles. The predicted molar refractivity (Wildman–Crippen MR) is 192 cm³/mol. The van der Waals surface area contributed by atoms with E-state index in [1.54, 1.807) is 4.90 Å². The van der Waals surface area contributed by atoms with Crippen LogP contribution >= 0.6 is 0 Å². The normalized spacial score (nSPS) is 30.3. The van der Waals surface area contributed by atoms with Crippen molar-refractivity contribution in [2.24, 2.45) is 5.92 Å². The molecule has 0 radical (unpaired) electrons. The lowest BCUT2D eigenvalue weighted by Gasteiger charge is -2.33. The maximum Gasteiger partial charge on any atom is 0.410 e. The summed E-state index contributed by atoms with van der Waals surface area (Å²) in [5.74, 6) is -2.31. The minimum atomic E-state index is -3.89. The molecule has 4 N–H and O–H groups in total. The zero-order valence-corrected chi connectivity index (χ0v) is 31.3. The Morgan fingerprint density at radius 1 is 1.02 bits per heavy atom. The highest BCUT2D eigenvalue weighted by molar-refractivity contribution is 7.91. The molecule has 5 aliphatic rings. The summed E-state index contributed by atoms with van der Waals surface area (Å²) in [5, 5.41) is 7.86. The molecule has 3 heterocycles. The van der Waals surface area contributed by atoms with Gasteiger partial charge in [-0.1, -0.05) is 56.2 Å². The summed E-state index contributed by atoms with van der Waals surface area (Å²) in [6.07, 6.45) is 6.70. The number of rotatable bonds is 5. The Hall–Kier alpha value is -4.14. The Morgan fingerprint density at radius 2 is 1.77 bits per heavy atom. The molecule has 0 bridgehead atoms. The van der Waals surface area contributed by atoms with Gasteiger partial charge in [0.15, 0.2) is 0 Å². The first-order valence-electron chi connectivity index (χ1n) is 18.5. The maximum atomic E-state index is 14.4. The Labute approximate surface area is 305 Å². The number of hydrogen-bond donors (Lipinski definition) is 4. The second-order valence-corrected chi connectivity index (χ2v) is 18.1. The van der Waals surface area contributed by atoms with Gasteiger partial charge in [0, 0.05) is 31.0 Å². The molecule has 1 aromatic rings. The highest BCUT2D eigenvalue weighted by Crippen LogP contribution is 2.46. The van der Waals surface area contributed by atoms with Crippen molar-refractivity contribution in [2.75, 3.05) is 13.1 Å². The fourth-order valence-corrected chi connectivity index (χ4v) is 8.96. The molecule has 6 amide bonds. The van der Waals surface area contributed by atoms with Crippen LogP contribution < -0.4 is 20.7 Å². The van der Waals surface area contributed by atoms with E-state index in [-0.39, 0.29) is 25.3 Å². The third-order valence-electron chi connectivity index (χ3n) is 10.6. The van der Waals surface area contributed by atoms with Gasteiger partial charge >= 0.3 is 12.1 Å². The average molecular weight is 741 g/mol. The molecule has 2 aliphatic carbocycles. The highest BCUT2D eigenvalue weighted by atomic mass is 32.2. The van der Waals surface area contributed by atoms with Gasteiger partial charge in [0.2, 0.25) is 21.8 Å². The van der Waals surface area contributed by atoms with Crippen molar-refractivity contribution in [3.8, 4) is 0 Å². The molecule has 284 valence electrons. The first kappa shape index (κ1) is 37.6. The number of fused-ring (bicyclic) bond motifs is 3. The van der Waals surface area contributed by atoms with Crippen LogP contribution in [0.4, 0.5) is 9.59 Å². The number of sulfonamides is 1. The number of allylic oxidation sites excluding steroid dienone is 1. The molecule has 6 rings (SSSR count). The number of urea groups is 1. The lowest BCUT2D eigenvalue weighted by molar-refractivity contribution is -0.141. The van der Waals surface area contributed by atoms with Gasteiger partial charge in [0.05, 0.1) is 11.8 Å². The SMILES string of the molecule is C[C@H]1CN(C(=O)O[C@@H]2C[C@H]3C(=O)NC4(C(=O)NS(=O)(=O)C5CC5)C[C@H]4/C=C\CCCCC[C@H](NC(=O)NC(C)(C)C)C(=O)N3C2)Cc2ccccc21. The topological polar surface area (TPSA) is 183 Å². The smallest absolute Gasteiger partial charge is 0.410 e. The Bertz CT molecular complexity index is 1720. The summed E-state index contributed by atoms with van der Waals surface area (Å²) >= 11 is 0. The summed E-state index contributed by atoms with van der Waals surface area (Å²) < 4.78 is 33.8. The minimum absolute atomic E-state index is 0.0389. The maximum absolute atomic E-state index is 14.4. The number of benzene rings is 1. The van der Waals surface area contributed by atoms with Crippen LogP contribution in [0.1, 0.15) is 103 Å². The van der Waals surface area contributed by atoms with Crippen LogP contribution in [0.3, 0.4) is 0 Å². The molecule has 2 saturated carbocycles.